The number of rotatable bonds is 7. The monoisotopic (exact) mass is 444 g/mol. The van der Waals surface area contributed by atoms with Gasteiger partial charge < -0.3 is 9.80 Å². The van der Waals surface area contributed by atoms with Crippen LogP contribution in [-0.4, -0.2) is 14.1 Å². The number of hydrogen-bond donors (Lipinski definition) is 0. The van der Waals surface area contributed by atoms with E-state index in [-0.39, 0.29) is 0 Å². The second-order valence-electron chi connectivity index (χ2n) is 8.68. The first-order chi connectivity index (χ1) is 16.4. The Morgan fingerprint density at radius 1 is 0.500 bits per heavy atom. The van der Waals surface area contributed by atoms with Crippen molar-refractivity contribution < 1.29 is 0 Å². The summed E-state index contributed by atoms with van der Waals surface area (Å²) in [6, 6.07) is 33.8. The van der Waals surface area contributed by atoms with Crippen molar-refractivity contribution in [2.45, 2.75) is 13.8 Å². The van der Waals surface area contributed by atoms with Crippen molar-refractivity contribution in [3.05, 3.63) is 132 Å². The first-order valence-electron chi connectivity index (χ1n) is 11.6. The van der Waals surface area contributed by atoms with Crippen LogP contribution in [0.2, 0.25) is 0 Å². The van der Waals surface area contributed by atoms with Gasteiger partial charge in [0.1, 0.15) is 0 Å². The molecular formula is C32H32N2. The topological polar surface area (TPSA) is 6.48 Å². The second-order valence-corrected chi connectivity index (χ2v) is 8.68. The molecule has 4 rings (SSSR count). The van der Waals surface area contributed by atoms with E-state index in [1.165, 1.54) is 11.1 Å². The molecule has 0 aromatic heterocycles. The third-order valence-electron chi connectivity index (χ3n) is 6.53. The lowest BCUT2D eigenvalue weighted by Gasteiger charge is -2.28. The van der Waals surface area contributed by atoms with Gasteiger partial charge in [-0.3, -0.25) is 0 Å². The second kappa shape index (κ2) is 9.84. The minimum absolute atomic E-state index is 0.956. The van der Waals surface area contributed by atoms with Crippen molar-refractivity contribution in [3.8, 4) is 11.1 Å². The van der Waals surface area contributed by atoms with Crippen LogP contribution in [0.5, 0.6) is 0 Å². The molecule has 0 aliphatic heterocycles. The molecule has 0 radical (unpaired) electrons. The fraction of sp³-hybridized carbons (Fsp3) is 0.125. The van der Waals surface area contributed by atoms with E-state index < -0.39 is 0 Å². The molecule has 0 aliphatic rings. The van der Waals surface area contributed by atoms with Crippen LogP contribution in [0, 0.1) is 13.8 Å². The lowest BCUT2D eigenvalue weighted by Crippen LogP contribution is -2.17. The lowest BCUT2D eigenvalue weighted by atomic mass is 9.92. The molecule has 0 atom stereocenters. The van der Waals surface area contributed by atoms with Gasteiger partial charge in [0.2, 0.25) is 0 Å². The molecule has 170 valence electrons. The minimum atomic E-state index is 0.956. The molecule has 0 aliphatic carbocycles. The number of hydrogen-bond acceptors (Lipinski definition) is 2. The van der Waals surface area contributed by atoms with Crippen LogP contribution in [0.3, 0.4) is 0 Å². The van der Waals surface area contributed by atoms with E-state index in [4.69, 9.17) is 0 Å². The number of para-hydroxylation sites is 2. The van der Waals surface area contributed by atoms with E-state index in [1.807, 2.05) is 0 Å². The molecule has 0 amide bonds. The van der Waals surface area contributed by atoms with Crippen LogP contribution in [0.1, 0.15) is 22.3 Å². The molecule has 0 fully saturated rings. The maximum atomic E-state index is 4.49. The van der Waals surface area contributed by atoms with Crippen molar-refractivity contribution in [2.24, 2.45) is 0 Å². The van der Waals surface area contributed by atoms with Gasteiger partial charge in [0.25, 0.3) is 0 Å². The highest BCUT2D eigenvalue weighted by Gasteiger charge is 2.18. The molecule has 34 heavy (non-hydrogen) atoms. The summed E-state index contributed by atoms with van der Waals surface area (Å²) in [5, 5.41) is 0. The molecule has 0 bridgehead atoms. The van der Waals surface area contributed by atoms with Crippen molar-refractivity contribution in [1.82, 2.24) is 0 Å². The first-order valence-corrected chi connectivity index (χ1v) is 11.6. The van der Waals surface area contributed by atoms with Gasteiger partial charge in [-0.1, -0.05) is 98.1 Å². The Labute approximate surface area is 204 Å². The van der Waals surface area contributed by atoms with E-state index in [9.17, 15) is 0 Å². The molecule has 0 heterocycles. The summed E-state index contributed by atoms with van der Waals surface area (Å²) in [6.45, 7) is 13.2. The SMILES string of the molecule is C=C(c1ccccc1-c1ccccc1C(=C)N(C)c1ccccc1C)N(C)c1ccccc1C. The average molecular weight is 445 g/mol. The van der Waals surface area contributed by atoms with Crippen LogP contribution in [-0.2, 0) is 0 Å². The molecule has 2 nitrogen and oxygen atoms in total. The van der Waals surface area contributed by atoms with Crippen molar-refractivity contribution in [2.75, 3.05) is 23.9 Å². The van der Waals surface area contributed by atoms with Crippen molar-refractivity contribution in [3.63, 3.8) is 0 Å². The Balaban J connectivity index is 1.77. The maximum absolute atomic E-state index is 4.49. The van der Waals surface area contributed by atoms with E-state index in [2.05, 4.69) is 148 Å². The predicted molar refractivity (Wildman–Crippen MR) is 149 cm³/mol. The molecular weight excluding hydrogens is 412 g/mol. The zero-order valence-electron chi connectivity index (χ0n) is 20.5. The zero-order valence-corrected chi connectivity index (χ0v) is 20.5. The van der Waals surface area contributed by atoms with E-state index in [0.29, 0.717) is 0 Å². The summed E-state index contributed by atoms with van der Waals surface area (Å²) >= 11 is 0. The quantitative estimate of drug-likeness (QED) is 0.283. The molecule has 4 aromatic carbocycles. The highest BCUT2D eigenvalue weighted by atomic mass is 15.1. The van der Waals surface area contributed by atoms with Crippen LogP contribution < -0.4 is 9.80 Å². The summed E-state index contributed by atoms with van der Waals surface area (Å²) in [5.74, 6) is 0. The van der Waals surface area contributed by atoms with Gasteiger partial charge in [-0.2, -0.15) is 0 Å². The normalized spacial score (nSPS) is 10.6. The van der Waals surface area contributed by atoms with E-state index >= 15 is 0 Å². The van der Waals surface area contributed by atoms with Crippen LogP contribution in [0.15, 0.2) is 110 Å². The van der Waals surface area contributed by atoms with Gasteiger partial charge in [-0.25, -0.2) is 0 Å². The Morgan fingerprint density at radius 2 is 0.824 bits per heavy atom. The summed E-state index contributed by atoms with van der Waals surface area (Å²) < 4.78 is 0. The molecule has 0 saturated carbocycles. The summed E-state index contributed by atoms with van der Waals surface area (Å²) in [4.78, 5) is 4.34. The summed E-state index contributed by atoms with van der Waals surface area (Å²) in [7, 11) is 4.16. The van der Waals surface area contributed by atoms with E-state index in [0.717, 1.165) is 45.0 Å². The Morgan fingerprint density at radius 3 is 1.21 bits per heavy atom. The van der Waals surface area contributed by atoms with Gasteiger partial charge in [0.15, 0.2) is 0 Å². The maximum Gasteiger partial charge on any atom is 0.0437 e. The molecule has 0 saturated heterocycles. The lowest BCUT2D eigenvalue weighted by molar-refractivity contribution is 1.19. The minimum Gasteiger partial charge on any atom is -0.344 e. The number of anilines is 2. The summed E-state index contributed by atoms with van der Waals surface area (Å²) in [5.41, 5.74) is 11.1. The Kier molecular flexibility index (Phi) is 6.70. The van der Waals surface area contributed by atoms with Gasteiger partial charge in [0, 0.05) is 48.0 Å². The Bertz CT molecular complexity index is 1240. The molecule has 2 heteroatoms. The fourth-order valence-corrected chi connectivity index (χ4v) is 4.47. The predicted octanol–water partition coefficient (Wildman–Crippen LogP) is 8.18. The first kappa shape index (κ1) is 23.1. The molecule has 0 spiro atoms. The smallest absolute Gasteiger partial charge is 0.0437 e. The standard InChI is InChI=1S/C32H32N2/c1-23-15-7-13-21-31(23)33(5)25(3)27-17-9-11-19-29(27)30-20-12-10-18-28(30)26(4)34(6)32-22-14-8-16-24(32)2/h7-22H,3-4H2,1-2,5-6H3. The number of aryl methyl sites for hydroxylation is 2. The molecule has 0 unspecified atom stereocenters. The van der Waals surface area contributed by atoms with Crippen molar-refractivity contribution >= 4 is 22.8 Å². The van der Waals surface area contributed by atoms with Crippen LogP contribution in [0.4, 0.5) is 11.4 Å². The number of benzene rings is 4. The van der Waals surface area contributed by atoms with Crippen molar-refractivity contribution in [1.29, 1.82) is 0 Å². The average Bonchev–Trinajstić information content (AvgIpc) is 2.87. The van der Waals surface area contributed by atoms with Gasteiger partial charge >= 0.3 is 0 Å². The zero-order chi connectivity index (χ0) is 24.2. The third-order valence-corrected chi connectivity index (χ3v) is 6.53. The highest BCUT2D eigenvalue weighted by Crippen LogP contribution is 2.37. The molecule has 4 aromatic rings. The van der Waals surface area contributed by atoms with Crippen LogP contribution >= 0.6 is 0 Å². The molecule has 0 N–H and O–H groups in total. The van der Waals surface area contributed by atoms with Gasteiger partial charge in [0.05, 0.1) is 0 Å². The summed E-state index contributed by atoms with van der Waals surface area (Å²) in [6.07, 6.45) is 0. The number of nitrogens with zero attached hydrogens (tertiary/aromatic N) is 2. The van der Waals surface area contributed by atoms with Crippen LogP contribution in [0.25, 0.3) is 22.5 Å². The highest BCUT2D eigenvalue weighted by molar-refractivity contribution is 5.93. The Hall–Kier alpha value is -4.04. The van der Waals surface area contributed by atoms with Gasteiger partial charge in [-0.15, -0.1) is 0 Å². The third kappa shape index (κ3) is 4.40. The van der Waals surface area contributed by atoms with Gasteiger partial charge in [-0.05, 0) is 48.2 Å². The largest absolute Gasteiger partial charge is 0.344 e. The van der Waals surface area contributed by atoms with E-state index in [1.54, 1.807) is 0 Å². The fourth-order valence-electron chi connectivity index (χ4n) is 4.47.